The van der Waals surface area contributed by atoms with Crippen LogP contribution in [0.4, 0.5) is 17.1 Å². The Bertz CT molecular complexity index is 2780. The minimum Gasteiger partial charge on any atom is -0.309 e. The Labute approximate surface area is 288 Å². The van der Waals surface area contributed by atoms with Crippen LogP contribution < -0.4 is 4.90 Å². The summed E-state index contributed by atoms with van der Waals surface area (Å²) in [4.78, 5) is 2.45. The minimum atomic E-state index is 1.12. The van der Waals surface area contributed by atoms with Crippen molar-refractivity contribution in [2.45, 2.75) is 0 Å². The maximum atomic E-state index is 2.45. The highest BCUT2D eigenvalue weighted by atomic mass is 32.1. The van der Waals surface area contributed by atoms with Gasteiger partial charge in [0, 0.05) is 42.9 Å². The third-order valence-electron chi connectivity index (χ3n) is 9.79. The first kappa shape index (κ1) is 27.9. The number of hydrogen-bond acceptors (Lipinski definition) is 2. The zero-order valence-electron chi connectivity index (χ0n) is 26.6. The van der Waals surface area contributed by atoms with Gasteiger partial charge in [-0.05, 0) is 59.5 Å². The molecular weight excluding hydrogens is 613 g/mol. The lowest BCUT2D eigenvalue weighted by Gasteiger charge is -2.27. The van der Waals surface area contributed by atoms with Crippen LogP contribution in [0.25, 0.3) is 69.6 Å². The summed E-state index contributed by atoms with van der Waals surface area (Å²) in [5, 5.41) is 7.59. The summed E-state index contributed by atoms with van der Waals surface area (Å²) in [5.41, 5.74) is 9.46. The molecule has 0 aliphatic rings. The molecule has 0 N–H and O–H groups in total. The van der Waals surface area contributed by atoms with Gasteiger partial charge < -0.3 is 9.47 Å². The van der Waals surface area contributed by atoms with E-state index in [0.29, 0.717) is 0 Å². The van der Waals surface area contributed by atoms with Crippen LogP contribution in [-0.4, -0.2) is 4.57 Å². The van der Waals surface area contributed by atoms with Crippen LogP contribution in [0.15, 0.2) is 182 Å². The van der Waals surface area contributed by atoms with Gasteiger partial charge >= 0.3 is 0 Å². The van der Waals surface area contributed by atoms with E-state index in [0.717, 1.165) is 5.69 Å². The van der Waals surface area contributed by atoms with Crippen molar-refractivity contribution in [1.82, 2.24) is 4.57 Å². The van der Waals surface area contributed by atoms with E-state index in [1.54, 1.807) is 0 Å². The van der Waals surface area contributed by atoms with Crippen molar-refractivity contribution in [3.8, 4) is 16.8 Å². The molecule has 0 aliphatic heterocycles. The lowest BCUT2D eigenvalue weighted by Crippen LogP contribution is -2.10. The largest absolute Gasteiger partial charge is 0.309 e. The van der Waals surface area contributed by atoms with Crippen LogP contribution in [0.2, 0.25) is 0 Å². The SMILES string of the molecule is c1ccc(-n2c3ccccc3c3ccccc32)c(-c2ccc(N(c3cccc4ccccc34)c3cccc4c3sc3ccccc34)cc2)c1. The summed E-state index contributed by atoms with van der Waals surface area (Å²) in [6.45, 7) is 0. The number of thiophene rings is 1. The molecule has 0 bridgehead atoms. The van der Waals surface area contributed by atoms with Crippen LogP contribution in [0.5, 0.6) is 0 Å². The quantitative estimate of drug-likeness (QED) is 0.181. The highest BCUT2D eigenvalue weighted by molar-refractivity contribution is 7.26. The molecule has 2 aromatic heterocycles. The Kier molecular flexibility index (Phi) is 6.39. The number of fused-ring (bicyclic) bond motifs is 7. The molecule has 10 rings (SSSR count). The first-order valence-corrected chi connectivity index (χ1v) is 17.5. The van der Waals surface area contributed by atoms with Crippen LogP contribution in [-0.2, 0) is 0 Å². The number of benzene rings is 8. The van der Waals surface area contributed by atoms with E-state index in [9.17, 15) is 0 Å². The number of nitrogens with zero attached hydrogens (tertiary/aromatic N) is 2. The topological polar surface area (TPSA) is 8.17 Å². The van der Waals surface area contributed by atoms with Crippen molar-refractivity contribution in [2.75, 3.05) is 4.90 Å². The standard InChI is InChI=1S/C46H30N2S/c1-2-15-34-31(13-1)14-11-24-40(34)47(44-25-12-20-39-38-19-6-10-26-45(38)49-46(39)44)33-29-27-32(28-30-33)35-16-3-7-21-41(35)48-42-22-8-4-17-36(42)37-18-5-9-23-43(37)48/h1-30H. The van der Waals surface area contributed by atoms with Crippen molar-refractivity contribution >= 4 is 81.1 Å². The summed E-state index contributed by atoms with van der Waals surface area (Å²) in [6.07, 6.45) is 0. The lowest BCUT2D eigenvalue weighted by atomic mass is 10.0. The maximum absolute atomic E-state index is 2.45. The molecular formula is C46H30N2S. The highest BCUT2D eigenvalue weighted by Crippen LogP contribution is 2.46. The van der Waals surface area contributed by atoms with Crippen LogP contribution in [0.3, 0.4) is 0 Å². The molecule has 2 nitrogen and oxygen atoms in total. The van der Waals surface area contributed by atoms with E-state index < -0.39 is 0 Å². The van der Waals surface area contributed by atoms with E-state index in [2.05, 4.69) is 191 Å². The van der Waals surface area contributed by atoms with E-state index in [1.165, 1.54) is 80.9 Å². The fourth-order valence-corrected chi connectivity index (χ4v) is 8.81. The zero-order valence-corrected chi connectivity index (χ0v) is 27.4. The van der Waals surface area contributed by atoms with Crippen molar-refractivity contribution in [2.24, 2.45) is 0 Å². The molecule has 0 fully saturated rings. The van der Waals surface area contributed by atoms with Gasteiger partial charge in [-0.25, -0.2) is 0 Å². The molecule has 0 atom stereocenters. The van der Waals surface area contributed by atoms with Gasteiger partial charge in [0.1, 0.15) is 0 Å². The van der Waals surface area contributed by atoms with Gasteiger partial charge in [-0.15, -0.1) is 11.3 Å². The summed E-state index contributed by atoms with van der Waals surface area (Å²) in [7, 11) is 0. The molecule has 8 aromatic carbocycles. The lowest BCUT2D eigenvalue weighted by molar-refractivity contribution is 1.18. The van der Waals surface area contributed by atoms with Crippen molar-refractivity contribution in [1.29, 1.82) is 0 Å². The summed E-state index contributed by atoms with van der Waals surface area (Å²) >= 11 is 1.87. The van der Waals surface area contributed by atoms with Crippen LogP contribution in [0.1, 0.15) is 0 Å². The molecule has 0 radical (unpaired) electrons. The summed E-state index contributed by atoms with van der Waals surface area (Å²) in [6, 6.07) is 66.1. The van der Waals surface area contributed by atoms with Gasteiger partial charge in [-0.3, -0.25) is 0 Å². The van der Waals surface area contributed by atoms with Gasteiger partial charge in [0.15, 0.2) is 0 Å². The van der Waals surface area contributed by atoms with Gasteiger partial charge in [0.25, 0.3) is 0 Å². The molecule has 49 heavy (non-hydrogen) atoms. The fourth-order valence-electron chi connectivity index (χ4n) is 7.60. The Hall–Kier alpha value is -6.16. The molecule has 0 amide bonds. The Balaban J connectivity index is 1.17. The van der Waals surface area contributed by atoms with Crippen LogP contribution in [0, 0.1) is 0 Å². The number of aromatic nitrogens is 1. The monoisotopic (exact) mass is 642 g/mol. The summed E-state index contributed by atoms with van der Waals surface area (Å²) in [5.74, 6) is 0. The molecule has 0 aliphatic carbocycles. The number of hydrogen-bond donors (Lipinski definition) is 0. The normalized spacial score (nSPS) is 11.7. The van der Waals surface area contributed by atoms with E-state index in [-0.39, 0.29) is 0 Å². The van der Waals surface area contributed by atoms with Gasteiger partial charge in [0.2, 0.25) is 0 Å². The number of anilines is 3. The van der Waals surface area contributed by atoms with E-state index in [4.69, 9.17) is 0 Å². The Morgan fingerprint density at radius 2 is 0.980 bits per heavy atom. The average Bonchev–Trinajstić information content (AvgIpc) is 3.72. The second-order valence-corrected chi connectivity index (χ2v) is 13.6. The van der Waals surface area contributed by atoms with Crippen molar-refractivity contribution in [3.05, 3.63) is 182 Å². The number of para-hydroxylation sites is 3. The highest BCUT2D eigenvalue weighted by Gasteiger charge is 2.20. The maximum Gasteiger partial charge on any atom is 0.0640 e. The Morgan fingerprint density at radius 1 is 0.408 bits per heavy atom. The molecule has 10 aromatic rings. The molecule has 0 spiro atoms. The zero-order chi connectivity index (χ0) is 32.3. The third kappa shape index (κ3) is 4.40. The molecule has 3 heteroatoms. The molecule has 0 saturated carbocycles. The molecule has 230 valence electrons. The second-order valence-electron chi connectivity index (χ2n) is 12.5. The first-order valence-electron chi connectivity index (χ1n) is 16.7. The average molecular weight is 643 g/mol. The van der Waals surface area contributed by atoms with Crippen molar-refractivity contribution in [3.63, 3.8) is 0 Å². The molecule has 0 saturated heterocycles. The first-order chi connectivity index (χ1) is 24.3. The van der Waals surface area contributed by atoms with Crippen LogP contribution >= 0.6 is 11.3 Å². The number of rotatable bonds is 5. The van der Waals surface area contributed by atoms with E-state index in [1.807, 2.05) is 11.3 Å². The van der Waals surface area contributed by atoms with Gasteiger partial charge in [0.05, 0.1) is 32.8 Å². The predicted octanol–water partition coefficient (Wildman–Crippen LogP) is 13.4. The summed E-state index contributed by atoms with van der Waals surface area (Å²) < 4.78 is 5.01. The van der Waals surface area contributed by atoms with Gasteiger partial charge in [-0.1, -0.05) is 133 Å². The third-order valence-corrected chi connectivity index (χ3v) is 11.0. The molecule has 2 heterocycles. The van der Waals surface area contributed by atoms with E-state index >= 15 is 0 Å². The predicted molar refractivity (Wildman–Crippen MR) is 211 cm³/mol. The minimum absolute atomic E-state index is 1.12. The second kappa shape index (κ2) is 11.2. The smallest absolute Gasteiger partial charge is 0.0640 e. The Morgan fingerprint density at radius 3 is 1.78 bits per heavy atom. The van der Waals surface area contributed by atoms with Gasteiger partial charge in [-0.2, -0.15) is 0 Å². The fraction of sp³-hybridized carbons (Fsp3) is 0. The molecule has 0 unspecified atom stereocenters. The van der Waals surface area contributed by atoms with Crippen molar-refractivity contribution < 1.29 is 0 Å².